The average molecular weight is 362 g/mol. The van der Waals surface area contributed by atoms with Crippen LogP contribution in [0.1, 0.15) is 39.9 Å². The number of anilines is 1. The molecule has 0 unspecified atom stereocenters. The Labute approximate surface area is 158 Å². The second-order valence-electron chi connectivity index (χ2n) is 6.70. The van der Waals surface area contributed by atoms with E-state index in [1.54, 1.807) is 19.1 Å². The molecule has 0 aliphatic rings. The molecular formula is C22H22N2O3. The number of aromatic nitrogens is 1. The topological polar surface area (TPSA) is 72.2 Å². The second-order valence-corrected chi connectivity index (χ2v) is 6.70. The van der Waals surface area contributed by atoms with E-state index in [1.807, 2.05) is 44.2 Å². The van der Waals surface area contributed by atoms with Crippen molar-refractivity contribution >= 4 is 17.4 Å². The van der Waals surface area contributed by atoms with Crippen LogP contribution >= 0.6 is 0 Å². The zero-order chi connectivity index (χ0) is 19.6. The van der Waals surface area contributed by atoms with E-state index in [4.69, 9.17) is 4.42 Å². The monoisotopic (exact) mass is 362 g/mol. The molecule has 0 saturated heterocycles. The Morgan fingerprint density at radius 2 is 1.85 bits per heavy atom. The van der Waals surface area contributed by atoms with Crippen LogP contribution in [0, 0.1) is 20.8 Å². The maximum Gasteiger partial charge on any atom is 0.230 e. The molecule has 0 aliphatic carbocycles. The lowest BCUT2D eigenvalue weighted by molar-refractivity contribution is -0.115. The van der Waals surface area contributed by atoms with Crippen LogP contribution in [-0.4, -0.2) is 16.7 Å². The van der Waals surface area contributed by atoms with Crippen molar-refractivity contribution in [1.29, 1.82) is 0 Å². The summed E-state index contributed by atoms with van der Waals surface area (Å²) in [6.07, 6.45) is 0.102. The van der Waals surface area contributed by atoms with Gasteiger partial charge in [0.2, 0.25) is 11.8 Å². The predicted molar refractivity (Wildman–Crippen MR) is 105 cm³/mol. The van der Waals surface area contributed by atoms with Crippen molar-refractivity contribution in [2.45, 2.75) is 34.1 Å². The number of ketones is 1. The smallest absolute Gasteiger partial charge is 0.230 e. The van der Waals surface area contributed by atoms with Gasteiger partial charge >= 0.3 is 0 Å². The van der Waals surface area contributed by atoms with Crippen LogP contribution in [0.2, 0.25) is 0 Å². The Hall–Kier alpha value is -3.21. The van der Waals surface area contributed by atoms with E-state index >= 15 is 0 Å². The summed E-state index contributed by atoms with van der Waals surface area (Å²) in [6, 6.07) is 13.1. The summed E-state index contributed by atoms with van der Waals surface area (Å²) in [6.45, 7) is 7.19. The minimum Gasteiger partial charge on any atom is -0.441 e. The molecule has 3 aromatic rings. The van der Waals surface area contributed by atoms with Crippen LogP contribution in [0.4, 0.5) is 5.69 Å². The Morgan fingerprint density at radius 3 is 2.56 bits per heavy atom. The third-order valence-corrected chi connectivity index (χ3v) is 4.40. The van der Waals surface area contributed by atoms with Crippen LogP contribution in [0.15, 0.2) is 46.9 Å². The largest absolute Gasteiger partial charge is 0.441 e. The summed E-state index contributed by atoms with van der Waals surface area (Å²) in [7, 11) is 0. The summed E-state index contributed by atoms with van der Waals surface area (Å²) in [5.41, 5.74) is 4.69. The first-order valence-corrected chi connectivity index (χ1v) is 8.78. The number of nitrogens with one attached hydrogen (secondary N) is 1. The van der Waals surface area contributed by atoms with Gasteiger partial charge in [0, 0.05) is 16.8 Å². The van der Waals surface area contributed by atoms with E-state index in [9.17, 15) is 9.59 Å². The normalized spacial score (nSPS) is 10.7. The minimum absolute atomic E-state index is 0.0411. The predicted octanol–water partition coefficient (Wildman–Crippen LogP) is 4.65. The van der Waals surface area contributed by atoms with Gasteiger partial charge in [0.15, 0.2) is 5.78 Å². The Morgan fingerprint density at radius 1 is 1.07 bits per heavy atom. The van der Waals surface area contributed by atoms with E-state index in [0.717, 1.165) is 16.7 Å². The van der Waals surface area contributed by atoms with Gasteiger partial charge in [0.05, 0.1) is 12.1 Å². The molecule has 1 aromatic heterocycles. The summed E-state index contributed by atoms with van der Waals surface area (Å²) in [5.74, 6) is 0.885. The molecule has 0 fully saturated rings. The first-order chi connectivity index (χ1) is 12.8. The summed E-state index contributed by atoms with van der Waals surface area (Å²) in [5, 5.41) is 2.87. The number of carbonyl (C=O) groups is 2. The number of oxazole rings is 1. The van der Waals surface area contributed by atoms with E-state index in [2.05, 4.69) is 10.3 Å². The molecule has 27 heavy (non-hydrogen) atoms. The summed E-state index contributed by atoms with van der Waals surface area (Å²) < 4.78 is 5.75. The number of benzene rings is 2. The van der Waals surface area contributed by atoms with Crippen molar-refractivity contribution in [2.75, 3.05) is 5.32 Å². The Balaban J connectivity index is 1.77. The number of hydrogen-bond acceptors (Lipinski definition) is 4. The van der Waals surface area contributed by atoms with Gasteiger partial charge in [-0.2, -0.15) is 0 Å². The second kappa shape index (κ2) is 7.58. The van der Waals surface area contributed by atoms with Crippen molar-refractivity contribution < 1.29 is 14.0 Å². The van der Waals surface area contributed by atoms with E-state index < -0.39 is 0 Å². The fourth-order valence-electron chi connectivity index (χ4n) is 2.82. The first-order valence-electron chi connectivity index (χ1n) is 8.78. The van der Waals surface area contributed by atoms with Crippen LogP contribution in [0.5, 0.6) is 0 Å². The van der Waals surface area contributed by atoms with Gasteiger partial charge in [0.1, 0.15) is 5.76 Å². The maximum absolute atomic E-state index is 12.5. The quantitative estimate of drug-likeness (QED) is 0.671. The van der Waals surface area contributed by atoms with Crippen molar-refractivity contribution in [1.82, 2.24) is 4.98 Å². The number of aryl methyl sites for hydroxylation is 3. The molecular weight excluding hydrogens is 340 g/mol. The Bertz CT molecular complexity index is 1020. The highest BCUT2D eigenvalue weighted by molar-refractivity contribution is 5.98. The van der Waals surface area contributed by atoms with Crippen LogP contribution < -0.4 is 5.32 Å². The third-order valence-electron chi connectivity index (χ3n) is 4.40. The number of carbonyl (C=O) groups excluding carboxylic acids is 2. The maximum atomic E-state index is 12.5. The number of Topliss-reactive ketones (excluding diaryl/α,β-unsaturated/α-hetero) is 1. The minimum atomic E-state index is -0.203. The van der Waals surface area contributed by atoms with E-state index in [0.29, 0.717) is 28.6 Å². The Kier molecular flexibility index (Phi) is 5.21. The van der Waals surface area contributed by atoms with Crippen molar-refractivity contribution in [3.63, 3.8) is 0 Å². The molecule has 5 heteroatoms. The van der Waals surface area contributed by atoms with Crippen LogP contribution in [0.25, 0.3) is 11.5 Å². The molecule has 0 bridgehead atoms. The molecule has 3 rings (SSSR count). The SMILES string of the molecule is CC(=O)c1ccc(C)c(NC(=O)Cc2nc(-c3cccc(C)c3)oc2C)c1. The van der Waals surface area contributed by atoms with Gasteiger partial charge < -0.3 is 9.73 Å². The number of nitrogens with zero attached hydrogens (tertiary/aromatic N) is 1. The van der Waals surface area contributed by atoms with Gasteiger partial charge in [-0.05, 0) is 51.5 Å². The third kappa shape index (κ3) is 4.31. The standard InChI is InChI=1S/C22H22N2O3/c1-13-6-5-7-18(10-13)22-24-20(16(4)27-22)12-21(26)23-19-11-17(15(3)25)9-8-14(19)2/h5-11H,12H2,1-4H3,(H,23,26). The molecule has 0 spiro atoms. The molecule has 0 atom stereocenters. The highest BCUT2D eigenvalue weighted by Crippen LogP contribution is 2.23. The van der Waals surface area contributed by atoms with Crippen molar-refractivity contribution in [3.05, 3.63) is 70.6 Å². The lowest BCUT2D eigenvalue weighted by Gasteiger charge is -2.09. The zero-order valence-corrected chi connectivity index (χ0v) is 15.9. The molecule has 1 heterocycles. The lowest BCUT2D eigenvalue weighted by Crippen LogP contribution is -2.16. The molecule has 5 nitrogen and oxygen atoms in total. The summed E-state index contributed by atoms with van der Waals surface area (Å²) >= 11 is 0. The highest BCUT2D eigenvalue weighted by Gasteiger charge is 2.16. The van der Waals surface area contributed by atoms with Crippen molar-refractivity contribution in [2.24, 2.45) is 0 Å². The lowest BCUT2D eigenvalue weighted by atomic mass is 10.1. The number of hydrogen-bond donors (Lipinski definition) is 1. The number of amides is 1. The first kappa shape index (κ1) is 18.6. The van der Waals surface area contributed by atoms with Gasteiger partial charge in [-0.25, -0.2) is 4.98 Å². The van der Waals surface area contributed by atoms with E-state index in [1.165, 1.54) is 6.92 Å². The molecule has 1 N–H and O–H groups in total. The van der Waals surface area contributed by atoms with Crippen LogP contribution in [0.3, 0.4) is 0 Å². The molecule has 0 aliphatic heterocycles. The fourth-order valence-corrected chi connectivity index (χ4v) is 2.82. The molecule has 2 aromatic carbocycles. The zero-order valence-electron chi connectivity index (χ0n) is 15.9. The van der Waals surface area contributed by atoms with E-state index in [-0.39, 0.29) is 18.1 Å². The van der Waals surface area contributed by atoms with Crippen LogP contribution in [-0.2, 0) is 11.2 Å². The number of rotatable bonds is 5. The molecule has 1 amide bonds. The van der Waals surface area contributed by atoms with Gasteiger partial charge in [-0.15, -0.1) is 0 Å². The van der Waals surface area contributed by atoms with Gasteiger partial charge in [-0.3, -0.25) is 9.59 Å². The molecule has 0 saturated carbocycles. The fraction of sp³-hybridized carbons (Fsp3) is 0.227. The molecule has 0 radical (unpaired) electrons. The molecule has 138 valence electrons. The average Bonchev–Trinajstić information content (AvgIpc) is 2.97. The highest BCUT2D eigenvalue weighted by atomic mass is 16.4. The summed E-state index contributed by atoms with van der Waals surface area (Å²) in [4.78, 5) is 28.5. The van der Waals surface area contributed by atoms with Crippen molar-refractivity contribution in [3.8, 4) is 11.5 Å². The van der Waals surface area contributed by atoms with Gasteiger partial charge in [-0.1, -0.05) is 29.8 Å². The van der Waals surface area contributed by atoms with Gasteiger partial charge in [0.25, 0.3) is 0 Å².